The van der Waals surface area contributed by atoms with Crippen molar-refractivity contribution in [3.63, 3.8) is 0 Å². The average Bonchev–Trinajstić information content (AvgIpc) is 2.87. The van der Waals surface area contributed by atoms with Crippen molar-refractivity contribution in [3.05, 3.63) is 60.2 Å². The lowest BCUT2D eigenvalue weighted by Crippen LogP contribution is -2.64. The van der Waals surface area contributed by atoms with E-state index in [9.17, 15) is 4.79 Å². The molecule has 0 aliphatic carbocycles. The Kier molecular flexibility index (Phi) is 7.86. The van der Waals surface area contributed by atoms with E-state index in [4.69, 9.17) is 0 Å². The van der Waals surface area contributed by atoms with Gasteiger partial charge in [0.15, 0.2) is 0 Å². The molecule has 1 amide bonds. The fraction of sp³-hybridized carbons (Fsp3) is 0.607. The molecule has 0 spiro atoms. The minimum absolute atomic E-state index is 0.180. The van der Waals surface area contributed by atoms with Crippen molar-refractivity contribution in [1.29, 1.82) is 0 Å². The normalized spacial score (nSPS) is 27.2. The molecule has 5 rings (SSSR count). The van der Waals surface area contributed by atoms with E-state index in [1.54, 1.807) is 6.20 Å². The topological polar surface area (TPSA) is 61.4 Å². The SMILES string of the molecule is O=C(CCC[C@@H]1[C@H]2CCCN3CCC[C@@H](CN1Cc1cccnc1)[C@@H]23)NCCc1cccnc1. The summed E-state index contributed by atoms with van der Waals surface area (Å²) in [6.07, 6.45) is 16.4. The van der Waals surface area contributed by atoms with E-state index in [1.807, 2.05) is 24.7 Å². The highest BCUT2D eigenvalue weighted by Crippen LogP contribution is 2.43. The molecule has 2 aromatic rings. The predicted octanol–water partition coefficient (Wildman–Crippen LogP) is 3.68. The molecule has 0 saturated carbocycles. The molecule has 34 heavy (non-hydrogen) atoms. The van der Waals surface area contributed by atoms with Gasteiger partial charge in [0, 0.05) is 62.9 Å². The van der Waals surface area contributed by atoms with Crippen LogP contribution in [0.15, 0.2) is 49.1 Å². The fourth-order valence-electron chi connectivity index (χ4n) is 6.84. The molecule has 0 bridgehead atoms. The highest BCUT2D eigenvalue weighted by Gasteiger charge is 2.48. The van der Waals surface area contributed by atoms with Crippen molar-refractivity contribution in [2.24, 2.45) is 11.8 Å². The molecule has 6 nitrogen and oxygen atoms in total. The van der Waals surface area contributed by atoms with Gasteiger partial charge in [-0.15, -0.1) is 0 Å². The Bertz CT molecular complexity index is 906. The summed E-state index contributed by atoms with van der Waals surface area (Å²) in [6.45, 7) is 5.42. The summed E-state index contributed by atoms with van der Waals surface area (Å²) >= 11 is 0. The number of carbonyl (C=O) groups excluding carboxylic acids is 1. The van der Waals surface area contributed by atoms with Gasteiger partial charge in [0.25, 0.3) is 0 Å². The van der Waals surface area contributed by atoms with E-state index in [2.05, 4.69) is 43.3 Å². The molecule has 3 saturated heterocycles. The second-order valence-corrected chi connectivity index (χ2v) is 10.4. The number of carbonyl (C=O) groups is 1. The number of hydrogen-bond acceptors (Lipinski definition) is 5. The standard InChI is InChI=1S/C28H39N5O/c34-27(31-15-12-22-6-2-13-29-18-22)11-1-10-26-25-9-5-17-32-16-4-8-24(28(25)32)21-33(26)20-23-7-3-14-30-19-23/h2-3,6-7,13-14,18-19,24-26,28H,1,4-5,8-12,15-17,20-21H2,(H,31,34)/t24-,25+,26+,28-/m0/s1. The van der Waals surface area contributed by atoms with Crippen LogP contribution in [-0.4, -0.2) is 63.9 Å². The second kappa shape index (κ2) is 11.4. The summed E-state index contributed by atoms with van der Waals surface area (Å²) in [5, 5.41) is 3.11. The summed E-state index contributed by atoms with van der Waals surface area (Å²) in [6, 6.07) is 9.58. The number of piperidine rings is 3. The highest BCUT2D eigenvalue weighted by molar-refractivity contribution is 5.75. The van der Waals surface area contributed by atoms with Gasteiger partial charge >= 0.3 is 0 Å². The van der Waals surface area contributed by atoms with Gasteiger partial charge in [0.1, 0.15) is 0 Å². The molecule has 6 heteroatoms. The maximum Gasteiger partial charge on any atom is 0.220 e. The van der Waals surface area contributed by atoms with Crippen LogP contribution in [0.4, 0.5) is 0 Å². The van der Waals surface area contributed by atoms with E-state index in [0.717, 1.165) is 43.7 Å². The second-order valence-electron chi connectivity index (χ2n) is 10.4. The zero-order valence-electron chi connectivity index (χ0n) is 20.3. The summed E-state index contributed by atoms with van der Waals surface area (Å²) in [7, 11) is 0. The summed E-state index contributed by atoms with van der Waals surface area (Å²) in [5.41, 5.74) is 2.47. The van der Waals surface area contributed by atoms with Crippen LogP contribution in [0.25, 0.3) is 0 Å². The number of amides is 1. The Labute approximate surface area is 204 Å². The third kappa shape index (κ3) is 5.66. The van der Waals surface area contributed by atoms with E-state index in [0.29, 0.717) is 19.0 Å². The van der Waals surface area contributed by atoms with Crippen molar-refractivity contribution in [2.45, 2.75) is 70.0 Å². The van der Waals surface area contributed by atoms with Crippen LogP contribution >= 0.6 is 0 Å². The van der Waals surface area contributed by atoms with Crippen LogP contribution in [0.1, 0.15) is 56.1 Å². The molecule has 0 radical (unpaired) electrons. The number of hydrogen-bond donors (Lipinski definition) is 1. The summed E-state index contributed by atoms with van der Waals surface area (Å²) in [4.78, 5) is 26.6. The third-order valence-electron chi connectivity index (χ3n) is 8.25. The van der Waals surface area contributed by atoms with Crippen LogP contribution in [0.5, 0.6) is 0 Å². The number of nitrogens with one attached hydrogen (secondary N) is 1. The van der Waals surface area contributed by atoms with Gasteiger partial charge in [-0.3, -0.25) is 24.6 Å². The van der Waals surface area contributed by atoms with Gasteiger partial charge in [-0.25, -0.2) is 0 Å². The van der Waals surface area contributed by atoms with Crippen molar-refractivity contribution in [2.75, 3.05) is 26.2 Å². The fourth-order valence-corrected chi connectivity index (χ4v) is 6.84. The lowest BCUT2D eigenvalue weighted by atomic mass is 9.69. The van der Waals surface area contributed by atoms with Gasteiger partial charge in [-0.05, 0) is 93.1 Å². The van der Waals surface area contributed by atoms with Crippen LogP contribution in [0.2, 0.25) is 0 Å². The number of rotatable bonds is 9. The Morgan fingerprint density at radius 3 is 2.56 bits per heavy atom. The number of likely N-dealkylation sites (tertiary alicyclic amines) is 1. The molecule has 3 aliphatic heterocycles. The first-order valence-corrected chi connectivity index (χ1v) is 13.3. The largest absolute Gasteiger partial charge is 0.356 e. The van der Waals surface area contributed by atoms with Gasteiger partial charge in [0.2, 0.25) is 5.91 Å². The molecular weight excluding hydrogens is 422 g/mol. The van der Waals surface area contributed by atoms with E-state index < -0.39 is 0 Å². The highest BCUT2D eigenvalue weighted by atomic mass is 16.1. The Balaban J connectivity index is 1.18. The van der Waals surface area contributed by atoms with E-state index in [1.165, 1.54) is 56.4 Å². The van der Waals surface area contributed by atoms with Crippen LogP contribution in [0, 0.1) is 11.8 Å². The van der Waals surface area contributed by atoms with E-state index in [-0.39, 0.29) is 5.91 Å². The minimum atomic E-state index is 0.180. The first-order valence-electron chi connectivity index (χ1n) is 13.3. The zero-order chi connectivity index (χ0) is 23.2. The number of aromatic nitrogens is 2. The monoisotopic (exact) mass is 461 g/mol. The molecule has 5 heterocycles. The van der Waals surface area contributed by atoms with Crippen LogP contribution in [0.3, 0.4) is 0 Å². The Morgan fingerprint density at radius 1 is 1.03 bits per heavy atom. The molecule has 3 fully saturated rings. The zero-order valence-corrected chi connectivity index (χ0v) is 20.3. The maximum absolute atomic E-state index is 12.5. The molecule has 0 aromatic carbocycles. The van der Waals surface area contributed by atoms with Crippen molar-refractivity contribution >= 4 is 5.91 Å². The minimum Gasteiger partial charge on any atom is -0.356 e. The molecule has 2 aromatic heterocycles. The maximum atomic E-state index is 12.5. The Hall–Kier alpha value is -2.31. The van der Waals surface area contributed by atoms with Crippen molar-refractivity contribution in [3.8, 4) is 0 Å². The Morgan fingerprint density at radius 2 is 1.79 bits per heavy atom. The quantitative estimate of drug-likeness (QED) is 0.617. The van der Waals surface area contributed by atoms with Gasteiger partial charge < -0.3 is 5.32 Å². The molecule has 4 atom stereocenters. The summed E-state index contributed by atoms with van der Waals surface area (Å²) < 4.78 is 0. The lowest BCUT2D eigenvalue weighted by molar-refractivity contribution is -0.121. The van der Waals surface area contributed by atoms with E-state index >= 15 is 0 Å². The van der Waals surface area contributed by atoms with Gasteiger partial charge in [-0.2, -0.15) is 0 Å². The summed E-state index contributed by atoms with van der Waals surface area (Å²) in [5.74, 6) is 1.71. The molecule has 0 unspecified atom stereocenters. The average molecular weight is 462 g/mol. The predicted molar refractivity (Wildman–Crippen MR) is 134 cm³/mol. The van der Waals surface area contributed by atoms with Crippen molar-refractivity contribution in [1.82, 2.24) is 25.1 Å². The lowest BCUT2D eigenvalue weighted by Gasteiger charge is -2.57. The molecule has 3 aliphatic rings. The third-order valence-corrected chi connectivity index (χ3v) is 8.25. The van der Waals surface area contributed by atoms with Gasteiger partial charge in [0.05, 0.1) is 0 Å². The van der Waals surface area contributed by atoms with Crippen LogP contribution < -0.4 is 5.32 Å². The van der Waals surface area contributed by atoms with Crippen LogP contribution in [-0.2, 0) is 17.8 Å². The number of pyridine rings is 2. The smallest absolute Gasteiger partial charge is 0.220 e. The molecule has 1 N–H and O–H groups in total. The van der Waals surface area contributed by atoms with Crippen molar-refractivity contribution < 1.29 is 4.79 Å². The number of nitrogens with zero attached hydrogens (tertiary/aromatic N) is 4. The molecule has 182 valence electrons. The van der Waals surface area contributed by atoms with Gasteiger partial charge in [-0.1, -0.05) is 12.1 Å². The first kappa shape index (κ1) is 23.4. The molecular formula is C28H39N5O. The first-order chi connectivity index (χ1) is 16.8.